The van der Waals surface area contributed by atoms with E-state index in [9.17, 15) is 18.0 Å². The average molecular weight is 524 g/mol. The van der Waals surface area contributed by atoms with E-state index in [0.29, 0.717) is 30.0 Å². The fourth-order valence-corrected chi connectivity index (χ4v) is 5.14. The van der Waals surface area contributed by atoms with Gasteiger partial charge in [0.05, 0.1) is 35.9 Å². The molecule has 1 aromatic carbocycles. The number of rotatable bonds is 7. The third-order valence-electron chi connectivity index (χ3n) is 7.43. The van der Waals surface area contributed by atoms with Crippen LogP contribution < -0.4 is 5.32 Å². The fraction of sp³-hybridized carbons (Fsp3) is 0.407. The molecule has 6 rings (SSSR count). The summed E-state index contributed by atoms with van der Waals surface area (Å²) in [5.74, 6) is -0.721. The Morgan fingerprint density at radius 2 is 1.92 bits per heavy atom. The Morgan fingerprint density at radius 1 is 1.13 bits per heavy atom. The maximum atomic E-state index is 14.6. The van der Waals surface area contributed by atoms with Crippen molar-refractivity contribution in [2.24, 2.45) is 0 Å². The average Bonchev–Trinajstić information content (AvgIpc) is 3.40. The van der Waals surface area contributed by atoms with Gasteiger partial charge in [0.25, 0.3) is 12.3 Å². The van der Waals surface area contributed by atoms with Crippen LogP contribution in [0.3, 0.4) is 0 Å². The van der Waals surface area contributed by atoms with Crippen LogP contribution in [0, 0.1) is 12.7 Å². The molecule has 4 aromatic rings. The van der Waals surface area contributed by atoms with Crippen LogP contribution in [0.4, 0.5) is 13.2 Å². The van der Waals surface area contributed by atoms with Crippen LogP contribution in [0.25, 0.3) is 22.7 Å². The molecular weight excluding hydrogens is 495 g/mol. The molecule has 0 atom stereocenters. The van der Waals surface area contributed by atoms with Gasteiger partial charge in [-0.1, -0.05) is 11.3 Å². The number of likely N-dealkylation sites (tertiary alicyclic amines) is 1. The first-order valence-electron chi connectivity index (χ1n) is 12.9. The minimum atomic E-state index is -2.31. The highest BCUT2D eigenvalue weighted by atomic mass is 19.3. The summed E-state index contributed by atoms with van der Waals surface area (Å²) in [6.45, 7) is 2.88. The molecule has 1 amide bonds. The maximum Gasteiger partial charge on any atom is 0.254 e. The summed E-state index contributed by atoms with van der Waals surface area (Å²) in [5, 5.41) is 11.4. The van der Waals surface area contributed by atoms with Crippen molar-refractivity contribution in [3.05, 3.63) is 65.4 Å². The van der Waals surface area contributed by atoms with Gasteiger partial charge in [-0.3, -0.25) is 14.1 Å². The Kier molecular flexibility index (Phi) is 6.38. The fourth-order valence-electron chi connectivity index (χ4n) is 5.14. The SMILES string of the molecule is Cc1cc(F)c(C(=O)NC2CC2)cc1-n1cc(-c2cnc3ccc(C4CCN(CC(F)F)CC4)cn23)nn1. The maximum absolute atomic E-state index is 14.6. The highest BCUT2D eigenvalue weighted by molar-refractivity contribution is 5.95. The van der Waals surface area contributed by atoms with Gasteiger partial charge < -0.3 is 5.32 Å². The summed E-state index contributed by atoms with van der Waals surface area (Å²) >= 11 is 0. The quantitative estimate of drug-likeness (QED) is 0.389. The molecule has 2 fully saturated rings. The third kappa shape index (κ3) is 4.90. The molecule has 1 aliphatic carbocycles. The van der Waals surface area contributed by atoms with Gasteiger partial charge in [0.2, 0.25) is 0 Å². The van der Waals surface area contributed by atoms with Crippen LogP contribution in [-0.2, 0) is 0 Å². The number of hydrogen-bond acceptors (Lipinski definition) is 5. The van der Waals surface area contributed by atoms with Crippen molar-refractivity contribution in [1.29, 1.82) is 0 Å². The lowest BCUT2D eigenvalue weighted by Gasteiger charge is -2.31. The summed E-state index contributed by atoms with van der Waals surface area (Å²) < 4.78 is 43.6. The molecule has 8 nitrogen and oxygen atoms in total. The Hall–Kier alpha value is -3.73. The molecule has 0 bridgehead atoms. The second-order valence-corrected chi connectivity index (χ2v) is 10.2. The van der Waals surface area contributed by atoms with Crippen LogP contribution in [-0.4, -0.2) is 67.3 Å². The van der Waals surface area contributed by atoms with Crippen LogP contribution in [0.15, 0.2) is 42.9 Å². The number of halogens is 3. The molecule has 3 aromatic heterocycles. The lowest BCUT2D eigenvalue weighted by atomic mass is 9.90. The van der Waals surface area contributed by atoms with E-state index in [4.69, 9.17) is 0 Å². The predicted octanol–water partition coefficient (Wildman–Crippen LogP) is 4.37. The number of carbonyl (C=O) groups excluding carboxylic acids is 1. The molecule has 1 saturated heterocycles. The van der Waals surface area contributed by atoms with Crippen molar-refractivity contribution in [2.75, 3.05) is 19.6 Å². The van der Waals surface area contributed by atoms with Gasteiger partial charge in [0.1, 0.15) is 17.2 Å². The van der Waals surface area contributed by atoms with E-state index in [1.807, 2.05) is 27.6 Å². The van der Waals surface area contributed by atoms with Gasteiger partial charge in [-0.25, -0.2) is 22.8 Å². The van der Waals surface area contributed by atoms with Gasteiger partial charge >= 0.3 is 0 Å². The number of nitrogens with one attached hydrogen (secondary N) is 1. The van der Waals surface area contributed by atoms with Crippen LogP contribution in [0.1, 0.15) is 53.1 Å². The monoisotopic (exact) mass is 523 g/mol. The normalized spacial score (nSPS) is 17.0. The number of imidazole rings is 1. The van der Waals surface area contributed by atoms with Crippen molar-refractivity contribution in [2.45, 2.75) is 51.0 Å². The molecule has 38 heavy (non-hydrogen) atoms. The first kappa shape index (κ1) is 24.6. The van der Waals surface area contributed by atoms with Gasteiger partial charge in [-0.05, 0) is 80.9 Å². The summed E-state index contributed by atoms with van der Waals surface area (Å²) in [5.41, 5.74) is 4.38. The topological polar surface area (TPSA) is 80.4 Å². The first-order chi connectivity index (χ1) is 18.4. The molecule has 0 radical (unpaired) electrons. The largest absolute Gasteiger partial charge is 0.349 e. The smallest absolute Gasteiger partial charge is 0.254 e. The van der Waals surface area contributed by atoms with Gasteiger partial charge in [0, 0.05) is 12.2 Å². The molecule has 11 heteroatoms. The van der Waals surface area contributed by atoms with Gasteiger partial charge in [-0.15, -0.1) is 5.10 Å². The summed E-state index contributed by atoms with van der Waals surface area (Å²) in [6, 6.07) is 6.96. The molecule has 198 valence electrons. The molecule has 2 aliphatic rings. The Labute approximate surface area is 217 Å². The second kappa shape index (κ2) is 9.86. The summed E-state index contributed by atoms with van der Waals surface area (Å²) in [7, 11) is 0. The van der Waals surface area contributed by atoms with Crippen LogP contribution in [0.2, 0.25) is 0 Å². The molecule has 1 saturated carbocycles. The number of hydrogen-bond donors (Lipinski definition) is 1. The molecule has 1 N–H and O–H groups in total. The van der Waals surface area contributed by atoms with E-state index in [1.54, 1.807) is 24.0 Å². The van der Waals surface area contributed by atoms with Crippen LogP contribution in [0.5, 0.6) is 0 Å². The van der Waals surface area contributed by atoms with Crippen LogP contribution >= 0.6 is 0 Å². The molecule has 1 aliphatic heterocycles. The van der Waals surface area contributed by atoms with Crippen molar-refractivity contribution >= 4 is 11.6 Å². The van der Waals surface area contributed by atoms with E-state index in [-0.39, 0.29) is 24.1 Å². The Balaban J connectivity index is 1.26. The molecule has 0 spiro atoms. The number of alkyl halides is 2. The highest BCUT2D eigenvalue weighted by Crippen LogP contribution is 2.30. The first-order valence-corrected chi connectivity index (χ1v) is 12.9. The molecule has 0 unspecified atom stereocenters. The second-order valence-electron chi connectivity index (χ2n) is 10.2. The zero-order chi connectivity index (χ0) is 26.4. The molecule has 4 heterocycles. The lowest BCUT2D eigenvalue weighted by Crippen LogP contribution is -2.36. The Morgan fingerprint density at radius 3 is 2.66 bits per heavy atom. The van der Waals surface area contributed by atoms with Crippen molar-refractivity contribution < 1.29 is 18.0 Å². The number of aromatic nitrogens is 5. The minimum Gasteiger partial charge on any atom is -0.349 e. The standard InChI is InChI=1S/C27H28F3N7O/c1-16-10-21(28)20(27(38)32-19-3-4-19)11-23(16)37-14-22(33-34-37)24-12-31-26-5-2-18(13-36(24)26)17-6-8-35(9-7-17)15-25(29)30/h2,5,10-14,17,19,25H,3-4,6-9,15H2,1H3,(H,32,38). The number of pyridine rings is 1. The summed E-state index contributed by atoms with van der Waals surface area (Å²) in [4.78, 5) is 18.9. The minimum absolute atomic E-state index is 0.0198. The highest BCUT2D eigenvalue weighted by Gasteiger charge is 2.26. The number of fused-ring (bicyclic) bond motifs is 1. The molecular formula is C27H28F3N7O. The van der Waals surface area contributed by atoms with E-state index in [1.165, 1.54) is 12.1 Å². The lowest BCUT2D eigenvalue weighted by molar-refractivity contribution is 0.0754. The number of piperidine rings is 1. The van der Waals surface area contributed by atoms with Gasteiger partial charge in [0.15, 0.2) is 0 Å². The van der Waals surface area contributed by atoms with Crippen molar-refractivity contribution in [3.63, 3.8) is 0 Å². The van der Waals surface area contributed by atoms with E-state index < -0.39 is 18.1 Å². The zero-order valence-electron chi connectivity index (χ0n) is 20.9. The van der Waals surface area contributed by atoms with Gasteiger partial charge in [-0.2, -0.15) is 0 Å². The zero-order valence-corrected chi connectivity index (χ0v) is 20.9. The number of carbonyl (C=O) groups is 1. The van der Waals surface area contributed by atoms with E-state index in [2.05, 4.69) is 20.6 Å². The number of nitrogens with zero attached hydrogens (tertiary/aromatic N) is 6. The van der Waals surface area contributed by atoms with Crippen molar-refractivity contribution in [3.8, 4) is 17.1 Å². The van der Waals surface area contributed by atoms with E-state index >= 15 is 0 Å². The van der Waals surface area contributed by atoms with Crippen molar-refractivity contribution in [1.82, 2.24) is 34.6 Å². The number of aryl methyl sites for hydroxylation is 1. The third-order valence-corrected chi connectivity index (χ3v) is 7.43. The summed E-state index contributed by atoms with van der Waals surface area (Å²) in [6.07, 6.45) is 6.65. The van der Waals surface area contributed by atoms with E-state index in [0.717, 1.165) is 42.6 Å². The number of amides is 1. The predicted molar refractivity (Wildman–Crippen MR) is 135 cm³/mol. The Bertz CT molecular complexity index is 1490. The number of benzene rings is 1.